The summed E-state index contributed by atoms with van der Waals surface area (Å²) in [5.41, 5.74) is 0.886. The van der Waals surface area contributed by atoms with E-state index in [1.54, 1.807) is 11.8 Å². The van der Waals surface area contributed by atoms with Gasteiger partial charge in [0.05, 0.1) is 11.8 Å². The summed E-state index contributed by atoms with van der Waals surface area (Å²) in [6.45, 7) is 7.68. The van der Waals surface area contributed by atoms with Crippen LogP contribution in [0.15, 0.2) is 5.38 Å². The van der Waals surface area contributed by atoms with Crippen LogP contribution in [-0.4, -0.2) is 39.7 Å². The van der Waals surface area contributed by atoms with Crippen molar-refractivity contribution in [1.29, 1.82) is 0 Å². The van der Waals surface area contributed by atoms with Gasteiger partial charge in [-0.25, -0.2) is 9.78 Å². The van der Waals surface area contributed by atoms with Gasteiger partial charge in [-0.3, -0.25) is 5.32 Å². The summed E-state index contributed by atoms with van der Waals surface area (Å²) in [5, 5.41) is 14.6. The van der Waals surface area contributed by atoms with E-state index in [1.165, 1.54) is 11.3 Å². The molecule has 1 aromatic heterocycles. The Morgan fingerprint density at radius 3 is 2.65 bits per heavy atom. The van der Waals surface area contributed by atoms with Gasteiger partial charge in [0.25, 0.3) is 0 Å². The Balaban J connectivity index is 2.65. The second kappa shape index (κ2) is 5.97. The Labute approximate surface area is 105 Å². The second-order valence-corrected chi connectivity index (χ2v) is 5.18. The molecule has 2 amide bonds. The smallest absolute Gasteiger partial charge is 0.323 e. The number of nitrogens with zero attached hydrogens (tertiary/aromatic N) is 2. The van der Waals surface area contributed by atoms with Gasteiger partial charge in [0.2, 0.25) is 0 Å². The van der Waals surface area contributed by atoms with Crippen molar-refractivity contribution in [2.45, 2.75) is 39.8 Å². The van der Waals surface area contributed by atoms with E-state index in [4.69, 9.17) is 0 Å². The SMILES string of the molecule is Cc1csc(NC(=O)N(CC(C)O)C(C)C)n1. The van der Waals surface area contributed by atoms with Crippen LogP contribution in [0.4, 0.5) is 9.93 Å². The first-order valence-corrected chi connectivity index (χ1v) is 6.46. The molecule has 0 aliphatic carbocycles. The van der Waals surface area contributed by atoms with E-state index < -0.39 is 6.10 Å². The minimum atomic E-state index is -0.541. The van der Waals surface area contributed by atoms with Crippen LogP contribution in [0.5, 0.6) is 0 Å². The molecule has 0 spiro atoms. The van der Waals surface area contributed by atoms with Crippen molar-refractivity contribution in [3.05, 3.63) is 11.1 Å². The van der Waals surface area contributed by atoms with Crippen molar-refractivity contribution in [2.75, 3.05) is 11.9 Å². The highest BCUT2D eigenvalue weighted by Crippen LogP contribution is 2.15. The number of nitrogens with one attached hydrogen (secondary N) is 1. The number of aliphatic hydroxyl groups is 1. The number of anilines is 1. The number of aliphatic hydroxyl groups excluding tert-OH is 1. The van der Waals surface area contributed by atoms with E-state index in [2.05, 4.69) is 10.3 Å². The first-order valence-electron chi connectivity index (χ1n) is 5.58. The first-order chi connectivity index (χ1) is 7.90. The predicted molar refractivity (Wildman–Crippen MR) is 69.4 cm³/mol. The van der Waals surface area contributed by atoms with E-state index >= 15 is 0 Å². The summed E-state index contributed by atoms with van der Waals surface area (Å²) < 4.78 is 0. The van der Waals surface area contributed by atoms with Gasteiger partial charge in [-0.1, -0.05) is 0 Å². The fraction of sp³-hybridized carbons (Fsp3) is 0.636. The summed E-state index contributed by atoms with van der Waals surface area (Å²) in [6.07, 6.45) is -0.541. The number of carbonyl (C=O) groups excluding carboxylic acids is 1. The van der Waals surface area contributed by atoms with Gasteiger partial charge >= 0.3 is 6.03 Å². The number of aryl methyl sites for hydroxylation is 1. The molecular formula is C11H19N3O2S. The molecule has 2 N–H and O–H groups in total. The summed E-state index contributed by atoms with van der Waals surface area (Å²) >= 11 is 1.39. The number of urea groups is 1. The highest BCUT2D eigenvalue weighted by atomic mass is 32.1. The molecule has 1 atom stereocenters. The van der Waals surface area contributed by atoms with Gasteiger partial charge in [-0.2, -0.15) is 0 Å². The van der Waals surface area contributed by atoms with Crippen LogP contribution < -0.4 is 5.32 Å². The zero-order chi connectivity index (χ0) is 13.0. The number of carbonyl (C=O) groups is 1. The van der Waals surface area contributed by atoms with Crippen molar-refractivity contribution in [3.8, 4) is 0 Å². The quantitative estimate of drug-likeness (QED) is 0.868. The second-order valence-electron chi connectivity index (χ2n) is 4.32. The molecule has 0 bridgehead atoms. The molecule has 0 saturated heterocycles. The fourth-order valence-electron chi connectivity index (χ4n) is 1.39. The molecule has 96 valence electrons. The van der Waals surface area contributed by atoms with Crippen molar-refractivity contribution >= 4 is 22.5 Å². The molecule has 0 aliphatic heterocycles. The highest BCUT2D eigenvalue weighted by Gasteiger charge is 2.19. The van der Waals surface area contributed by atoms with E-state index in [0.717, 1.165) is 5.69 Å². The topological polar surface area (TPSA) is 65.5 Å². The molecule has 1 unspecified atom stereocenters. The largest absolute Gasteiger partial charge is 0.392 e. The molecule has 0 saturated carbocycles. The number of aromatic nitrogens is 1. The molecule has 5 nitrogen and oxygen atoms in total. The lowest BCUT2D eigenvalue weighted by molar-refractivity contribution is 0.125. The Kier molecular flexibility index (Phi) is 4.89. The monoisotopic (exact) mass is 257 g/mol. The van der Waals surface area contributed by atoms with Crippen molar-refractivity contribution in [1.82, 2.24) is 9.88 Å². The summed E-state index contributed by atoms with van der Waals surface area (Å²) in [7, 11) is 0. The molecule has 1 heterocycles. The molecule has 0 fully saturated rings. The lowest BCUT2D eigenvalue weighted by Gasteiger charge is -2.27. The Morgan fingerprint density at radius 2 is 2.24 bits per heavy atom. The molecule has 0 aliphatic rings. The third-order valence-corrected chi connectivity index (χ3v) is 3.05. The highest BCUT2D eigenvalue weighted by molar-refractivity contribution is 7.13. The van der Waals surface area contributed by atoms with E-state index in [9.17, 15) is 9.90 Å². The van der Waals surface area contributed by atoms with Crippen LogP contribution in [0.3, 0.4) is 0 Å². The van der Waals surface area contributed by atoms with E-state index in [-0.39, 0.29) is 12.1 Å². The van der Waals surface area contributed by atoms with Crippen molar-refractivity contribution < 1.29 is 9.90 Å². The minimum absolute atomic E-state index is 0.0330. The molecule has 1 rings (SSSR count). The molecule has 17 heavy (non-hydrogen) atoms. The Bertz CT molecular complexity index is 377. The maximum atomic E-state index is 12.0. The molecule has 1 aromatic rings. The van der Waals surface area contributed by atoms with Gasteiger partial charge in [-0.15, -0.1) is 11.3 Å². The van der Waals surface area contributed by atoms with Gasteiger partial charge in [0.1, 0.15) is 0 Å². The maximum Gasteiger partial charge on any atom is 0.323 e. The molecule has 0 radical (unpaired) electrons. The fourth-order valence-corrected chi connectivity index (χ4v) is 2.07. The molecule has 0 aromatic carbocycles. The van der Waals surface area contributed by atoms with Crippen LogP contribution >= 0.6 is 11.3 Å². The van der Waals surface area contributed by atoms with Crippen LogP contribution in [0.25, 0.3) is 0 Å². The summed E-state index contributed by atoms with van der Waals surface area (Å²) in [4.78, 5) is 17.7. The third kappa shape index (κ3) is 4.32. The normalized spacial score (nSPS) is 12.6. The summed E-state index contributed by atoms with van der Waals surface area (Å²) in [6, 6.07) is -0.194. The van der Waals surface area contributed by atoms with Gasteiger partial charge in [0.15, 0.2) is 5.13 Å². The number of rotatable bonds is 4. The lowest BCUT2D eigenvalue weighted by atomic mass is 10.3. The van der Waals surface area contributed by atoms with Crippen molar-refractivity contribution in [2.24, 2.45) is 0 Å². The summed E-state index contributed by atoms with van der Waals surface area (Å²) in [5.74, 6) is 0. The zero-order valence-electron chi connectivity index (χ0n) is 10.6. The van der Waals surface area contributed by atoms with Gasteiger partial charge in [0, 0.05) is 18.0 Å². The number of amides is 2. The standard InChI is InChI=1S/C11H19N3O2S/c1-7(2)14(5-9(4)15)11(16)13-10-12-8(3)6-17-10/h6-7,9,15H,5H2,1-4H3,(H,12,13,16). The van der Waals surface area contributed by atoms with Crippen LogP contribution in [0.1, 0.15) is 26.5 Å². The Morgan fingerprint density at radius 1 is 1.59 bits per heavy atom. The van der Waals surface area contributed by atoms with Gasteiger partial charge < -0.3 is 10.0 Å². The molecular weight excluding hydrogens is 238 g/mol. The van der Waals surface area contributed by atoms with Gasteiger partial charge in [-0.05, 0) is 27.7 Å². The average Bonchev–Trinajstić information content (AvgIpc) is 2.59. The Hall–Kier alpha value is -1.14. The number of hydrogen-bond donors (Lipinski definition) is 2. The van der Waals surface area contributed by atoms with Crippen LogP contribution in [0.2, 0.25) is 0 Å². The van der Waals surface area contributed by atoms with Crippen LogP contribution in [0, 0.1) is 6.92 Å². The predicted octanol–water partition coefficient (Wildman–Crippen LogP) is 2.07. The average molecular weight is 257 g/mol. The molecule has 6 heteroatoms. The third-order valence-electron chi connectivity index (χ3n) is 2.18. The van der Waals surface area contributed by atoms with E-state index in [1.807, 2.05) is 26.2 Å². The maximum absolute atomic E-state index is 12.0. The number of hydrogen-bond acceptors (Lipinski definition) is 4. The van der Waals surface area contributed by atoms with E-state index in [0.29, 0.717) is 11.7 Å². The van der Waals surface area contributed by atoms with Crippen molar-refractivity contribution in [3.63, 3.8) is 0 Å². The van der Waals surface area contributed by atoms with Crippen LogP contribution in [-0.2, 0) is 0 Å². The zero-order valence-corrected chi connectivity index (χ0v) is 11.4. The first kappa shape index (κ1) is 13.9. The lowest BCUT2D eigenvalue weighted by Crippen LogP contribution is -2.43. The number of thiazole rings is 1. The minimum Gasteiger partial charge on any atom is -0.392 e.